The van der Waals surface area contributed by atoms with E-state index in [0.29, 0.717) is 6.54 Å². The van der Waals surface area contributed by atoms with Gasteiger partial charge in [-0.1, -0.05) is 6.92 Å². The molecule has 14 heavy (non-hydrogen) atoms. The van der Waals surface area contributed by atoms with Crippen LogP contribution in [-0.4, -0.2) is 36.2 Å². The Hall–Kier alpha value is -0.290. The van der Waals surface area contributed by atoms with Gasteiger partial charge in [0.2, 0.25) is 0 Å². The molecule has 0 saturated heterocycles. The molecule has 1 fully saturated rings. The molecule has 0 aromatic heterocycles. The van der Waals surface area contributed by atoms with Crippen molar-refractivity contribution in [2.24, 2.45) is 5.73 Å². The topological polar surface area (TPSA) is 29.3 Å². The highest BCUT2D eigenvalue weighted by Gasteiger charge is 2.46. The van der Waals surface area contributed by atoms with Crippen LogP contribution in [0.5, 0.6) is 0 Å². The molecule has 1 unspecified atom stereocenters. The maximum Gasteiger partial charge on any atom is 0.405 e. The van der Waals surface area contributed by atoms with E-state index in [9.17, 15) is 13.2 Å². The fourth-order valence-corrected chi connectivity index (χ4v) is 1.71. The standard InChI is InChI=1S/C9H17F3N2/c1-2-5-14(7-3-4-7)8(6-13)9(10,11)12/h7-8H,2-6,13H2,1H3. The quantitative estimate of drug-likeness (QED) is 0.749. The first-order chi connectivity index (χ1) is 6.50. The molecule has 0 aromatic carbocycles. The van der Waals surface area contributed by atoms with E-state index in [-0.39, 0.29) is 12.6 Å². The van der Waals surface area contributed by atoms with E-state index < -0.39 is 12.2 Å². The molecule has 1 aliphatic carbocycles. The number of nitrogens with zero attached hydrogens (tertiary/aromatic N) is 1. The lowest BCUT2D eigenvalue weighted by molar-refractivity contribution is -0.182. The number of rotatable bonds is 5. The second-order valence-corrected chi connectivity index (χ2v) is 3.76. The van der Waals surface area contributed by atoms with Crippen molar-refractivity contribution in [2.75, 3.05) is 13.1 Å². The van der Waals surface area contributed by atoms with E-state index >= 15 is 0 Å². The smallest absolute Gasteiger partial charge is 0.329 e. The molecule has 0 amide bonds. The van der Waals surface area contributed by atoms with Crippen molar-refractivity contribution in [1.29, 1.82) is 0 Å². The van der Waals surface area contributed by atoms with E-state index in [1.807, 2.05) is 6.92 Å². The fourth-order valence-electron chi connectivity index (χ4n) is 1.71. The zero-order valence-electron chi connectivity index (χ0n) is 8.35. The Bertz CT molecular complexity index is 177. The van der Waals surface area contributed by atoms with Crippen molar-refractivity contribution in [2.45, 2.75) is 44.4 Å². The van der Waals surface area contributed by atoms with Crippen LogP contribution in [0, 0.1) is 0 Å². The molecule has 1 rings (SSSR count). The summed E-state index contributed by atoms with van der Waals surface area (Å²) in [5.74, 6) is 0. The molecule has 5 heteroatoms. The van der Waals surface area contributed by atoms with Gasteiger partial charge in [-0.25, -0.2) is 0 Å². The molecule has 0 heterocycles. The van der Waals surface area contributed by atoms with Crippen molar-refractivity contribution in [3.63, 3.8) is 0 Å². The van der Waals surface area contributed by atoms with Gasteiger partial charge in [0.05, 0.1) is 0 Å². The number of alkyl halides is 3. The summed E-state index contributed by atoms with van der Waals surface area (Å²) >= 11 is 0. The summed E-state index contributed by atoms with van der Waals surface area (Å²) in [6, 6.07) is -1.33. The lowest BCUT2D eigenvalue weighted by Gasteiger charge is -2.32. The van der Waals surface area contributed by atoms with Crippen LogP contribution in [0.25, 0.3) is 0 Å². The molecule has 2 N–H and O–H groups in total. The summed E-state index contributed by atoms with van der Waals surface area (Å²) in [6.45, 7) is 2.05. The first-order valence-electron chi connectivity index (χ1n) is 5.03. The van der Waals surface area contributed by atoms with Crippen LogP contribution in [0.15, 0.2) is 0 Å². The first kappa shape index (κ1) is 11.8. The monoisotopic (exact) mass is 210 g/mol. The highest BCUT2D eigenvalue weighted by Crippen LogP contribution is 2.34. The normalized spacial score (nSPS) is 20.1. The molecule has 0 radical (unpaired) electrons. The minimum Gasteiger partial charge on any atom is -0.329 e. The SMILES string of the molecule is CCCN(C1CC1)C(CN)C(F)(F)F. The third-order valence-electron chi connectivity index (χ3n) is 2.50. The van der Waals surface area contributed by atoms with Crippen molar-refractivity contribution >= 4 is 0 Å². The molecule has 84 valence electrons. The second kappa shape index (κ2) is 4.49. The third kappa shape index (κ3) is 2.85. The minimum absolute atomic E-state index is 0.116. The number of nitrogens with two attached hydrogens (primary N) is 1. The molecule has 0 aromatic rings. The molecule has 0 bridgehead atoms. The van der Waals surface area contributed by atoms with Crippen molar-refractivity contribution < 1.29 is 13.2 Å². The maximum atomic E-state index is 12.6. The van der Waals surface area contributed by atoms with Crippen LogP contribution in [0.2, 0.25) is 0 Å². The molecule has 1 saturated carbocycles. The predicted octanol–water partition coefficient (Wildman–Crippen LogP) is 1.75. The average Bonchev–Trinajstić information content (AvgIpc) is 2.84. The molecular formula is C9H17F3N2. The van der Waals surface area contributed by atoms with Gasteiger partial charge < -0.3 is 5.73 Å². The summed E-state index contributed by atoms with van der Waals surface area (Å²) in [5, 5.41) is 0. The Morgan fingerprint density at radius 1 is 1.43 bits per heavy atom. The van der Waals surface area contributed by atoms with Gasteiger partial charge >= 0.3 is 6.18 Å². The molecular weight excluding hydrogens is 193 g/mol. The van der Waals surface area contributed by atoms with E-state index in [4.69, 9.17) is 5.73 Å². The molecule has 1 atom stereocenters. The second-order valence-electron chi connectivity index (χ2n) is 3.76. The average molecular weight is 210 g/mol. The van der Waals surface area contributed by atoms with Gasteiger partial charge in [0.15, 0.2) is 0 Å². The van der Waals surface area contributed by atoms with Gasteiger partial charge in [-0.2, -0.15) is 13.2 Å². The Kier molecular flexibility index (Phi) is 3.78. The van der Waals surface area contributed by atoms with Crippen LogP contribution < -0.4 is 5.73 Å². The van der Waals surface area contributed by atoms with Gasteiger partial charge in [-0.05, 0) is 25.8 Å². The lowest BCUT2D eigenvalue weighted by Crippen LogP contribution is -2.51. The minimum atomic E-state index is -4.19. The fraction of sp³-hybridized carbons (Fsp3) is 1.00. The number of halogens is 3. The summed E-state index contributed by atoms with van der Waals surface area (Å²) in [6.07, 6.45) is -1.69. The Balaban J connectivity index is 2.62. The van der Waals surface area contributed by atoms with Gasteiger partial charge in [0.25, 0.3) is 0 Å². The van der Waals surface area contributed by atoms with Crippen LogP contribution >= 0.6 is 0 Å². The van der Waals surface area contributed by atoms with Crippen molar-refractivity contribution in [3.05, 3.63) is 0 Å². The molecule has 2 nitrogen and oxygen atoms in total. The largest absolute Gasteiger partial charge is 0.405 e. The van der Waals surface area contributed by atoms with Crippen LogP contribution in [0.3, 0.4) is 0 Å². The van der Waals surface area contributed by atoms with Crippen molar-refractivity contribution in [3.8, 4) is 0 Å². The first-order valence-corrected chi connectivity index (χ1v) is 5.03. The van der Waals surface area contributed by atoms with Crippen LogP contribution in [-0.2, 0) is 0 Å². The van der Waals surface area contributed by atoms with E-state index in [1.54, 1.807) is 0 Å². The van der Waals surface area contributed by atoms with E-state index in [1.165, 1.54) is 4.90 Å². The van der Waals surface area contributed by atoms with Gasteiger partial charge in [-0.15, -0.1) is 0 Å². The lowest BCUT2D eigenvalue weighted by atomic mass is 10.2. The maximum absolute atomic E-state index is 12.6. The third-order valence-corrected chi connectivity index (χ3v) is 2.50. The number of hydrogen-bond acceptors (Lipinski definition) is 2. The van der Waals surface area contributed by atoms with Crippen LogP contribution in [0.1, 0.15) is 26.2 Å². The zero-order chi connectivity index (χ0) is 10.8. The van der Waals surface area contributed by atoms with Gasteiger partial charge in [-0.3, -0.25) is 4.90 Å². The van der Waals surface area contributed by atoms with E-state index in [2.05, 4.69) is 0 Å². The highest BCUT2D eigenvalue weighted by atomic mass is 19.4. The van der Waals surface area contributed by atoms with E-state index in [0.717, 1.165) is 19.3 Å². The number of hydrogen-bond donors (Lipinski definition) is 1. The van der Waals surface area contributed by atoms with Crippen molar-refractivity contribution in [1.82, 2.24) is 4.90 Å². The van der Waals surface area contributed by atoms with Crippen LogP contribution in [0.4, 0.5) is 13.2 Å². The highest BCUT2D eigenvalue weighted by molar-refractivity contribution is 4.91. The van der Waals surface area contributed by atoms with Gasteiger partial charge in [0, 0.05) is 12.6 Å². The Morgan fingerprint density at radius 3 is 2.29 bits per heavy atom. The summed E-state index contributed by atoms with van der Waals surface area (Å²) in [5.41, 5.74) is 5.19. The predicted molar refractivity (Wildman–Crippen MR) is 48.9 cm³/mol. The zero-order valence-corrected chi connectivity index (χ0v) is 8.35. The Labute approximate surface area is 82.2 Å². The van der Waals surface area contributed by atoms with Gasteiger partial charge in [0.1, 0.15) is 6.04 Å². The summed E-state index contributed by atoms with van der Waals surface area (Å²) in [4.78, 5) is 1.51. The summed E-state index contributed by atoms with van der Waals surface area (Å²) in [7, 11) is 0. The Morgan fingerprint density at radius 2 is 2.00 bits per heavy atom. The molecule has 0 spiro atoms. The molecule has 1 aliphatic rings. The molecule has 0 aliphatic heterocycles. The summed E-state index contributed by atoms with van der Waals surface area (Å²) < 4.78 is 37.7.